The number of rotatable bonds is 5. The number of carbonyl (C=O) groups is 1. The first-order valence-electron chi connectivity index (χ1n) is 6.93. The minimum absolute atomic E-state index is 0.223. The number of amides is 1. The summed E-state index contributed by atoms with van der Waals surface area (Å²) in [5.74, 6) is 0.985. The molecule has 0 fully saturated rings. The number of benzene rings is 1. The number of ether oxygens (including phenoxy) is 1. The molecule has 0 aliphatic heterocycles. The Bertz CT molecular complexity index is 868. The first-order valence-corrected chi connectivity index (χ1v) is 8.94. The molecule has 2 aromatic heterocycles. The normalized spacial score (nSPS) is 10.6. The Labute approximate surface area is 149 Å². The van der Waals surface area contributed by atoms with Gasteiger partial charge >= 0.3 is 149 Å². The Morgan fingerprint density at radius 2 is 2.35 bits per heavy atom. The number of hydrogen-bond donors (Lipinski definition) is 1. The van der Waals surface area contributed by atoms with Crippen molar-refractivity contribution >= 4 is 49.0 Å². The summed E-state index contributed by atoms with van der Waals surface area (Å²) in [4.78, 5) is 12.5. The van der Waals surface area contributed by atoms with Gasteiger partial charge < -0.3 is 0 Å². The molecule has 0 saturated heterocycles. The fraction of sp³-hybridized carbons (Fsp3) is 0.125. The van der Waals surface area contributed by atoms with Crippen LogP contribution in [0.25, 0.3) is 17.0 Å². The summed E-state index contributed by atoms with van der Waals surface area (Å²) < 4.78 is 12.6. The van der Waals surface area contributed by atoms with Gasteiger partial charge in [0.05, 0.1) is 0 Å². The Hall–Kier alpha value is -2.10. The van der Waals surface area contributed by atoms with E-state index in [0.717, 1.165) is 16.6 Å². The predicted octanol–water partition coefficient (Wildman–Crippen LogP) is 2.14. The molecule has 0 aliphatic rings. The Kier molecular flexibility index (Phi) is 4.51. The van der Waals surface area contributed by atoms with E-state index in [1.54, 1.807) is 31.6 Å². The number of methoxy groups -OCH3 is 1. The van der Waals surface area contributed by atoms with Crippen LogP contribution in [0, 0.1) is 0 Å². The van der Waals surface area contributed by atoms with Gasteiger partial charge in [-0.1, -0.05) is 0 Å². The molecule has 114 valence electrons. The van der Waals surface area contributed by atoms with Crippen molar-refractivity contribution < 1.29 is 13.9 Å². The molecule has 23 heavy (non-hydrogen) atoms. The van der Waals surface area contributed by atoms with Crippen molar-refractivity contribution in [2.24, 2.45) is 0 Å². The second-order valence-corrected chi connectivity index (χ2v) is 6.74. The van der Waals surface area contributed by atoms with Crippen LogP contribution in [0.2, 0.25) is 0 Å². The van der Waals surface area contributed by atoms with Crippen molar-refractivity contribution in [3.8, 4) is 5.75 Å². The fourth-order valence-corrected chi connectivity index (χ4v) is 3.76. The van der Waals surface area contributed by atoms with E-state index in [4.69, 9.17) is 9.15 Å². The van der Waals surface area contributed by atoms with Gasteiger partial charge in [-0.05, 0) is 0 Å². The zero-order valence-electron chi connectivity index (χ0n) is 12.6. The van der Waals surface area contributed by atoms with Crippen LogP contribution in [-0.4, -0.2) is 46.7 Å². The summed E-state index contributed by atoms with van der Waals surface area (Å²) in [6.45, 7) is 4.11. The molecule has 0 unspecified atom stereocenters. The molecule has 1 N–H and O–H groups in total. The fourth-order valence-electron chi connectivity index (χ4n) is 2.44. The van der Waals surface area contributed by atoms with E-state index in [0.29, 0.717) is 49.7 Å². The van der Waals surface area contributed by atoms with Gasteiger partial charge in [0, 0.05) is 0 Å². The second-order valence-electron chi connectivity index (χ2n) is 4.84. The predicted molar refractivity (Wildman–Crippen MR) is 87.4 cm³/mol. The van der Waals surface area contributed by atoms with E-state index in [1.807, 2.05) is 14.6 Å². The molecular formula is C16H14N3O3Tl. The SMILES string of the molecule is C=Cc1n[n]([Tl])c2ccc(C(=O)NCc3ccco3)c(OC)c12. The molecule has 7 heteroatoms. The number of hydrogen-bond acceptors (Lipinski definition) is 4. The third kappa shape index (κ3) is 2.90. The van der Waals surface area contributed by atoms with Gasteiger partial charge in [0.25, 0.3) is 0 Å². The molecule has 1 aromatic carbocycles. The summed E-state index contributed by atoms with van der Waals surface area (Å²) in [6.07, 6.45) is 3.25. The number of carbonyl (C=O) groups excluding carboxylic acids is 1. The summed E-state index contributed by atoms with van der Waals surface area (Å²) in [7, 11) is 1.55. The summed E-state index contributed by atoms with van der Waals surface area (Å²) in [5.41, 5.74) is 2.14. The molecule has 0 atom stereocenters. The quantitative estimate of drug-likeness (QED) is 0.545. The Morgan fingerprint density at radius 3 is 3.00 bits per heavy atom. The zero-order valence-corrected chi connectivity index (χ0v) is 17.1. The monoisotopic (exact) mass is 501 g/mol. The van der Waals surface area contributed by atoms with E-state index in [-0.39, 0.29) is 5.91 Å². The van der Waals surface area contributed by atoms with Crippen LogP contribution in [0.3, 0.4) is 0 Å². The summed E-state index contributed by atoms with van der Waals surface area (Å²) in [5, 5.41) is 8.10. The first-order chi connectivity index (χ1) is 11.2. The summed E-state index contributed by atoms with van der Waals surface area (Å²) in [6, 6.07) is 7.24. The van der Waals surface area contributed by atoms with Crippen LogP contribution in [-0.2, 0) is 6.54 Å². The van der Waals surface area contributed by atoms with E-state index < -0.39 is 0 Å². The number of nitrogens with one attached hydrogen (secondary N) is 1. The molecule has 2 heterocycles. The van der Waals surface area contributed by atoms with Gasteiger partial charge in [0.1, 0.15) is 0 Å². The Balaban J connectivity index is 1.99. The van der Waals surface area contributed by atoms with Crippen molar-refractivity contribution in [1.29, 1.82) is 0 Å². The van der Waals surface area contributed by atoms with Crippen LogP contribution in [0.5, 0.6) is 5.75 Å². The molecule has 0 saturated carbocycles. The molecule has 0 radical (unpaired) electrons. The average molecular weight is 501 g/mol. The molecule has 1 amide bonds. The van der Waals surface area contributed by atoms with Gasteiger partial charge in [-0.15, -0.1) is 0 Å². The number of fused-ring (bicyclic) bond motifs is 1. The average Bonchev–Trinajstić information content (AvgIpc) is 3.19. The van der Waals surface area contributed by atoms with Crippen LogP contribution >= 0.6 is 0 Å². The maximum absolute atomic E-state index is 12.5. The molecule has 0 bridgehead atoms. The van der Waals surface area contributed by atoms with Crippen LogP contribution in [0.1, 0.15) is 21.8 Å². The van der Waals surface area contributed by atoms with E-state index >= 15 is 0 Å². The van der Waals surface area contributed by atoms with Crippen molar-refractivity contribution in [1.82, 2.24) is 12.9 Å². The van der Waals surface area contributed by atoms with Crippen molar-refractivity contribution in [3.63, 3.8) is 0 Å². The Morgan fingerprint density at radius 1 is 1.52 bits per heavy atom. The number of furan rings is 1. The molecule has 3 aromatic rings. The third-order valence-corrected chi connectivity index (χ3v) is 5.03. The zero-order chi connectivity index (χ0) is 16.4. The van der Waals surface area contributed by atoms with Gasteiger partial charge in [0.2, 0.25) is 0 Å². The van der Waals surface area contributed by atoms with Gasteiger partial charge in [0.15, 0.2) is 0 Å². The number of nitrogens with zero attached hydrogens (tertiary/aromatic N) is 2. The van der Waals surface area contributed by atoms with E-state index in [9.17, 15) is 4.79 Å². The van der Waals surface area contributed by atoms with Crippen LogP contribution in [0.15, 0.2) is 41.5 Å². The van der Waals surface area contributed by atoms with Crippen LogP contribution < -0.4 is 10.1 Å². The number of aromatic nitrogens is 2. The van der Waals surface area contributed by atoms with Crippen molar-refractivity contribution in [2.45, 2.75) is 6.54 Å². The van der Waals surface area contributed by atoms with Crippen LogP contribution in [0.4, 0.5) is 0 Å². The molecule has 0 aliphatic carbocycles. The van der Waals surface area contributed by atoms with Crippen molar-refractivity contribution in [2.75, 3.05) is 7.11 Å². The molecule has 3 rings (SSSR count). The van der Waals surface area contributed by atoms with E-state index in [1.165, 1.54) is 0 Å². The molecule has 6 nitrogen and oxygen atoms in total. The van der Waals surface area contributed by atoms with Gasteiger partial charge in [-0.25, -0.2) is 0 Å². The first kappa shape index (κ1) is 15.8. The standard InChI is InChI=1S/C16H15N3O3.Tl/c1-3-12-14-13(19-18-12)7-6-11(15(14)21-2)16(20)17-9-10-5-4-8-22-10;/h3-8H,1,9H2,2H3,(H2,17,18,19,20);/q;+1/p-1. The topological polar surface area (TPSA) is 69.3 Å². The molecule has 0 spiro atoms. The third-order valence-electron chi connectivity index (χ3n) is 3.50. The van der Waals surface area contributed by atoms with Gasteiger partial charge in [-0.3, -0.25) is 0 Å². The molecular weight excluding hydrogens is 487 g/mol. The minimum atomic E-state index is -0.223. The second kappa shape index (κ2) is 6.57. The maximum atomic E-state index is 12.5. The van der Waals surface area contributed by atoms with Gasteiger partial charge in [-0.2, -0.15) is 0 Å². The summed E-state index contributed by atoms with van der Waals surface area (Å²) >= 11 is 0.513. The van der Waals surface area contributed by atoms with E-state index in [2.05, 4.69) is 17.0 Å². The van der Waals surface area contributed by atoms with Crippen molar-refractivity contribution in [3.05, 3.63) is 54.1 Å².